The lowest BCUT2D eigenvalue weighted by molar-refractivity contribution is -0.121. The molecule has 1 aliphatic rings. The lowest BCUT2D eigenvalue weighted by Gasteiger charge is -2.10. The zero-order valence-electron chi connectivity index (χ0n) is 12.8. The highest BCUT2D eigenvalue weighted by Gasteiger charge is 2.30. The van der Waals surface area contributed by atoms with Crippen LogP contribution in [0.15, 0.2) is 47.5 Å². The molecular weight excluding hydrogens is 344 g/mol. The Morgan fingerprint density at radius 1 is 1.29 bits per heavy atom. The normalized spacial score (nSPS) is 16.2. The van der Waals surface area contributed by atoms with Crippen LogP contribution in [0.25, 0.3) is 11.8 Å². The highest BCUT2D eigenvalue weighted by molar-refractivity contribution is 8.26. The van der Waals surface area contributed by atoms with Gasteiger partial charge < -0.3 is 9.67 Å². The lowest BCUT2D eigenvalue weighted by Crippen LogP contribution is -2.27. The molecule has 3 rings (SSSR count). The van der Waals surface area contributed by atoms with E-state index in [1.807, 2.05) is 29.8 Å². The first-order chi connectivity index (χ1) is 11.5. The summed E-state index contributed by atoms with van der Waals surface area (Å²) in [5, 5.41) is 8.98. The van der Waals surface area contributed by atoms with E-state index in [1.165, 1.54) is 11.8 Å². The van der Waals surface area contributed by atoms with Gasteiger partial charge in [-0.25, -0.2) is 4.79 Å². The molecule has 0 bridgehead atoms. The van der Waals surface area contributed by atoms with E-state index in [9.17, 15) is 9.59 Å². The van der Waals surface area contributed by atoms with E-state index >= 15 is 0 Å². The van der Waals surface area contributed by atoms with Gasteiger partial charge in [-0.15, -0.1) is 0 Å². The number of rotatable bonds is 4. The second-order valence-electron chi connectivity index (χ2n) is 5.08. The molecule has 2 aromatic rings. The van der Waals surface area contributed by atoms with Gasteiger partial charge in [0.25, 0.3) is 5.91 Å². The quantitative estimate of drug-likeness (QED) is 0.670. The summed E-state index contributed by atoms with van der Waals surface area (Å²) in [4.78, 5) is 25.4. The minimum Gasteiger partial charge on any atom is -0.478 e. The number of benzene rings is 1. The van der Waals surface area contributed by atoms with Crippen LogP contribution in [0, 0.1) is 0 Å². The lowest BCUT2D eigenvalue weighted by atomic mass is 10.2. The number of carboxylic acids is 1. The van der Waals surface area contributed by atoms with Crippen LogP contribution in [-0.4, -0.2) is 37.3 Å². The van der Waals surface area contributed by atoms with Gasteiger partial charge in [0.2, 0.25) is 0 Å². The van der Waals surface area contributed by atoms with Crippen LogP contribution in [-0.2, 0) is 4.79 Å². The average Bonchev–Trinajstić information content (AvgIpc) is 3.12. The van der Waals surface area contributed by atoms with Crippen LogP contribution in [0.4, 0.5) is 0 Å². The van der Waals surface area contributed by atoms with Crippen LogP contribution in [0.2, 0.25) is 0 Å². The minimum absolute atomic E-state index is 0.0820. The fourth-order valence-corrected chi connectivity index (χ4v) is 3.79. The first kappa shape index (κ1) is 16.5. The van der Waals surface area contributed by atoms with Crippen molar-refractivity contribution in [2.75, 3.05) is 6.54 Å². The maximum absolute atomic E-state index is 12.3. The van der Waals surface area contributed by atoms with Gasteiger partial charge >= 0.3 is 5.97 Å². The Hall–Kier alpha value is -2.38. The number of likely N-dealkylation sites (N-methyl/N-ethyl adjacent to an activating group) is 1. The Balaban J connectivity index is 1.94. The van der Waals surface area contributed by atoms with Crippen molar-refractivity contribution in [3.8, 4) is 5.69 Å². The van der Waals surface area contributed by atoms with Crippen molar-refractivity contribution in [2.24, 2.45) is 0 Å². The number of hydrogen-bond acceptors (Lipinski definition) is 4. The molecule has 24 heavy (non-hydrogen) atoms. The maximum Gasteiger partial charge on any atom is 0.335 e. The molecule has 0 radical (unpaired) electrons. The molecule has 0 saturated carbocycles. The summed E-state index contributed by atoms with van der Waals surface area (Å²) in [5.41, 5.74) is 1.88. The molecule has 5 nitrogen and oxygen atoms in total. The van der Waals surface area contributed by atoms with Gasteiger partial charge in [-0.2, -0.15) is 0 Å². The van der Waals surface area contributed by atoms with E-state index in [4.69, 9.17) is 17.3 Å². The van der Waals surface area contributed by atoms with Gasteiger partial charge in [0.15, 0.2) is 0 Å². The Labute approximate surface area is 148 Å². The smallest absolute Gasteiger partial charge is 0.335 e. The first-order valence-electron chi connectivity index (χ1n) is 7.27. The zero-order chi connectivity index (χ0) is 17.3. The van der Waals surface area contributed by atoms with Crippen molar-refractivity contribution in [2.45, 2.75) is 6.92 Å². The molecule has 0 aliphatic carbocycles. The van der Waals surface area contributed by atoms with E-state index in [0.29, 0.717) is 15.8 Å². The predicted molar refractivity (Wildman–Crippen MR) is 98.3 cm³/mol. The van der Waals surface area contributed by atoms with E-state index in [0.717, 1.165) is 11.4 Å². The third-order valence-electron chi connectivity index (χ3n) is 3.64. The molecule has 7 heteroatoms. The zero-order valence-corrected chi connectivity index (χ0v) is 14.4. The summed E-state index contributed by atoms with van der Waals surface area (Å²) in [6, 6.07) is 10.3. The topological polar surface area (TPSA) is 62.5 Å². The Morgan fingerprint density at radius 2 is 2.00 bits per heavy atom. The summed E-state index contributed by atoms with van der Waals surface area (Å²) in [6.45, 7) is 2.44. The molecule has 1 amide bonds. The highest BCUT2D eigenvalue weighted by atomic mass is 32.2. The van der Waals surface area contributed by atoms with Gasteiger partial charge in [0.05, 0.1) is 10.5 Å². The van der Waals surface area contributed by atoms with Crippen LogP contribution in [0.1, 0.15) is 23.0 Å². The van der Waals surface area contributed by atoms with E-state index in [2.05, 4.69) is 0 Å². The summed E-state index contributed by atoms with van der Waals surface area (Å²) in [5.74, 6) is -1.04. The number of aromatic nitrogens is 1. The van der Waals surface area contributed by atoms with Crippen molar-refractivity contribution < 1.29 is 14.7 Å². The number of carboxylic acid groups (broad SMARTS) is 1. The molecule has 1 fully saturated rings. The van der Waals surface area contributed by atoms with Crippen molar-refractivity contribution in [3.05, 3.63) is 58.8 Å². The number of nitrogens with zero attached hydrogens (tertiary/aromatic N) is 2. The summed E-state index contributed by atoms with van der Waals surface area (Å²) in [7, 11) is 0. The number of carbonyl (C=O) groups excluding carboxylic acids is 1. The van der Waals surface area contributed by atoms with Crippen LogP contribution < -0.4 is 0 Å². The summed E-state index contributed by atoms with van der Waals surface area (Å²) < 4.78 is 2.46. The third kappa shape index (κ3) is 3.00. The molecule has 0 atom stereocenters. The summed E-state index contributed by atoms with van der Waals surface area (Å²) in [6.07, 6.45) is 3.67. The van der Waals surface area contributed by atoms with Gasteiger partial charge in [0, 0.05) is 24.1 Å². The Kier molecular flexibility index (Phi) is 4.55. The monoisotopic (exact) mass is 358 g/mol. The largest absolute Gasteiger partial charge is 0.478 e. The minimum atomic E-state index is -0.961. The van der Waals surface area contributed by atoms with E-state index in [1.54, 1.807) is 35.2 Å². The predicted octanol–water partition coefficient (Wildman–Crippen LogP) is 3.40. The van der Waals surface area contributed by atoms with Crippen molar-refractivity contribution in [3.63, 3.8) is 0 Å². The number of amides is 1. The molecule has 1 N–H and O–H groups in total. The van der Waals surface area contributed by atoms with Crippen molar-refractivity contribution >= 4 is 46.3 Å². The standard InChI is InChI=1S/C17H14N2O3S2/c1-2-18-15(20)14(24-17(18)23)10-13-4-3-9-19(13)12-7-5-11(6-8-12)16(21)22/h3-10H,2H2,1H3,(H,21,22)/b14-10-. The third-order valence-corrected chi connectivity index (χ3v) is 5.02. The molecule has 2 heterocycles. The van der Waals surface area contributed by atoms with Crippen molar-refractivity contribution in [1.29, 1.82) is 0 Å². The fraction of sp³-hybridized carbons (Fsp3) is 0.118. The van der Waals surface area contributed by atoms with Gasteiger partial charge in [-0.3, -0.25) is 9.69 Å². The molecule has 122 valence electrons. The van der Waals surface area contributed by atoms with Gasteiger partial charge in [0.1, 0.15) is 4.32 Å². The number of thiocarbonyl (C=S) groups is 1. The molecule has 0 unspecified atom stereocenters. The molecule has 0 spiro atoms. The Bertz CT molecular complexity index is 853. The van der Waals surface area contributed by atoms with E-state index in [-0.39, 0.29) is 11.5 Å². The Morgan fingerprint density at radius 3 is 2.58 bits per heavy atom. The summed E-state index contributed by atoms with van der Waals surface area (Å²) >= 11 is 6.51. The van der Waals surface area contributed by atoms with Crippen LogP contribution in [0.5, 0.6) is 0 Å². The fourth-order valence-electron chi connectivity index (χ4n) is 2.42. The van der Waals surface area contributed by atoms with Gasteiger partial charge in [-0.05, 0) is 49.4 Å². The molecular formula is C17H14N2O3S2. The number of thioether (sulfide) groups is 1. The van der Waals surface area contributed by atoms with Crippen LogP contribution in [0.3, 0.4) is 0 Å². The van der Waals surface area contributed by atoms with Crippen molar-refractivity contribution in [1.82, 2.24) is 9.47 Å². The SMILES string of the molecule is CCN1C(=O)/C(=C/c2cccn2-c2ccc(C(=O)O)cc2)SC1=S. The molecule has 1 saturated heterocycles. The number of hydrogen-bond donors (Lipinski definition) is 1. The van der Waals surface area contributed by atoms with Crippen LogP contribution >= 0.6 is 24.0 Å². The second-order valence-corrected chi connectivity index (χ2v) is 6.76. The maximum atomic E-state index is 12.3. The molecule has 1 aromatic carbocycles. The molecule has 1 aliphatic heterocycles. The number of carbonyl (C=O) groups is 2. The first-order valence-corrected chi connectivity index (χ1v) is 8.50. The van der Waals surface area contributed by atoms with E-state index < -0.39 is 5.97 Å². The van der Waals surface area contributed by atoms with Gasteiger partial charge in [-0.1, -0.05) is 24.0 Å². The average molecular weight is 358 g/mol. The second kappa shape index (κ2) is 6.62. The number of aromatic carboxylic acids is 1. The molecule has 1 aromatic heterocycles. The highest BCUT2D eigenvalue weighted by Crippen LogP contribution is 2.32.